The van der Waals surface area contributed by atoms with E-state index in [1.54, 1.807) is 18.2 Å². The molecule has 1 aliphatic carbocycles. The lowest BCUT2D eigenvalue weighted by Gasteiger charge is -2.40. The van der Waals surface area contributed by atoms with Crippen molar-refractivity contribution in [1.82, 2.24) is 9.80 Å². The van der Waals surface area contributed by atoms with Crippen LogP contribution in [-0.4, -0.2) is 84.3 Å². The monoisotopic (exact) mass is 496 g/mol. The van der Waals surface area contributed by atoms with E-state index in [0.717, 1.165) is 26.2 Å². The number of amidine groups is 1. The van der Waals surface area contributed by atoms with Crippen LogP contribution in [0.3, 0.4) is 0 Å². The first-order chi connectivity index (χ1) is 15.4. The normalized spacial score (nSPS) is 28.4. The maximum absolute atomic E-state index is 13.1. The Balaban J connectivity index is 1.22. The van der Waals surface area contributed by atoms with Crippen LogP contribution in [0.15, 0.2) is 23.2 Å². The molecule has 4 aliphatic rings. The first-order valence-electron chi connectivity index (χ1n) is 11.4. The van der Waals surface area contributed by atoms with Gasteiger partial charge in [0.2, 0.25) is 0 Å². The highest BCUT2D eigenvalue weighted by molar-refractivity contribution is 8.15. The second-order valence-corrected chi connectivity index (χ2v) is 13.0. The zero-order chi connectivity index (χ0) is 22.3. The van der Waals surface area contributed by atoms with Gasteiger partial charge in [-0.2, -0.15) is 0 Å². The van der Waals surface area contributed by atoms with Gasteiger partial charge in [-0.3, -0.25) is 14.7 Å². The van der Waals surface area contributed by atoms with Gasteiger partial charge < -0.3 is 10.2 Å². The quantitative estimate of drug-likeness (QED) is 0.692. The highest BCUT2D eigenvalue weighted by atomic mass is 35.5. The number of anilines is 1. The third-order valence-electron chi connectivity index (χ3n) is 6.97. The van der Waals surface area contributed by atoms with Gasteiger partial charge >= 0.3 is 0 Å². The number of benzene rings is 1. The molecule has 1 saturated carbocycles. The maximum Gasteiger partial charge on any atom is 0.254 e. The van der Waals surface area contributed by atoms with Crippen LogP contribution in [0.1, 0.15) is 42.5 Å². The average Bonchev–Trinajstić information content (AvgIpc) is 3.28. The van der Waals surface area contributed by atoms with Crippen molar-refractivity contribution >= 4 is 50.0 Å². The van der Waals surface area contributed by atoms with Crippen molar-refractivity contribution in [2.45, 2.75) is 49.4 Å². The van der Waals surface area contributed by atoms with E-state index in [-0.39, 0.29) is 28.7 Å². The summed E-state index contributed by atoms with van der Waals surface area (Å²) < 4.78 is 23.5. The maximum atomic E-state index is 13.1. The molecule has 0 spiro atoms. The highest BCUT2D eigenvalue weighted by Crippen LogP contribution is 2.36. The minimum absolute atomic E-state index is 0.0250. The van der Waals surface area contributed by atoms with Gasteiger partial charge in [0.15, 0.2) is 15.0 Å². The predicted octanol–water partition coefficient (Wildman–Crippen LogP) is 3.11. The van der Waals surface area contributed by atoms with Crippen molar-refractivity contribution in [3.63, 3.8) is 0 Å². The molecule has 2 saturated heterocycles. The molecule has 0 aromatic heterocycles. The average molecular weight is 497 g/mol. The van der Waals surface area contributed by atoms with Gasteiger partial charge in [-0.25, -0.2) is 8.42 Å². The first-order valence-corrected chi connectivity index (χ1v) is 14.5. The summed E-state index contributed by atoms with van der Waals surface area (Å²) in [7, 11) is -2.99. The number of rotatable bonds is 3. The summed E-state index contributed by atoms with van der Waals surface area (Å²) in [5.41, 5.74) is 1.24. The van der Waals surface area contributed by atoms with Crippen molar-refractivity contribution < 1.29 is 13.2 Å². The van der Waals surface area contributed by atoms with Crippen LogP contribution in [0, 0.1) is 0 Å². The topological polar surface area (TPSA) is 82.1 Å². The third kappa shape index (κ3) is 4.81. The summed E-state index contributed by atoms with van der Waals surface area (Å²) in [6, 6.07) is 5.78. The van der Waals surface area contributed by atoms with Crippen LogP contribution in [0.2, 0.25) is 5.02 Å². The number of hydrogen-bond acceptors (Lipinski definition) is 7. The fourth-order valence-electron chi connectivity index (χ4n) is 5.20. The molecule has 2 atom stereocenters. The van der Waals surface area contributed by atoms with E-state index >= 15 is 0 Å². The number of carbonyl (C=O) groups is 1. The van der Waals surface area contributed by atoms with Gasteiger partial charge in [0.25, 0.3) is 5.91 Å². The van der Waals surface area contributed by atoms with E-state index in [4.69, 9.17) is 11.6 Å². The highest BCUT2D eigenvalue weighted by Gasteiger charge is 2.42. The molecule has 7 nitrogen and oxygen atoms in total. The number of thioether (sulfide) groups is 1. The number of piperazine rings is 1. The van der Waals surface area contributed by atoms with Gasteiger partial charge in [-0.1, -0.05) is 42.6 Å². The lowest BCUT2D eigenvalue weighted by atomic mass is 9.94. The fraction of sp³-hybridized carbons (Fsp3) is 0.636. The molecular weight excluding hydrogens is 468 g/mol. The summed E-state index contributed by atoms with van der Waals surface area (Å²) in [6.07, 6.45) is 6.58. The van der Waals surface area contributed by atoms with Crippen LogP contribution in [0.5, 0.6) is 0 Å². The number of fused-ring (bicyclic) bond motifs is 1. The third-order valence-corrected chi connectivity index (χ3v) is 10.4. The van der Waals surface area contributed by atoms with Crippen LogP contribution in [0.4, 0.5) is 5.69 Å². The number of carbonyl (C=O) groups excluding carboxylic acids is 1. The molecular formula is C22H29ClN4O3S2. The minimum atomic E-state index is -2.99. The van der Waals surface area contributed by atoms with Crippen LogP contribution in [-0.2, 0) is 9.84 Å². The SMILES string of the molecule is O=C(c1ccc(Cl)c(NC2=NC3CS(=O)(=O)CC3S2)c1)N1CCN(C2CCCCC2)CC1. The largest absolute Gasteiger partial charge is 0.336 e. The Morgan fingerprint density at radius 2 is 1.84 bits per heavy atom. The summed E-state index contributed by atoms with van der Waals surface area (Å²) in [4.78, 5) is 22.2. The summed E-state index contributed by atoms with van der Waals surface area (Å²) in [5, 5.41) is 4.36. The van der Waals surface area contributed by atoms with E-state index in [1.165, 1.54) is 43.9 Å². The first kappa shape index (κ1) is 22.5. The smallest absolute Gasteiger partial charge is 0.254 e. The number of amides is 1. The van der Waals surface area contributed by atoms with E-state index in [1.807, 2.05) is 4.90 Å². The number of halogens is 1. The second kappa shape index (κ2) is 9.16. The summed E-state index contributed by atoms with van der Waals surface area (Å²) >= 11 is 7.83. The standard InChI is InChI=1S/C22H29ClN4O3S2/c23-17-7-6-15(12-18(17)24-22-25-19-13-32(29,30)14-20(19)31-22)21(28)27-10-8-26(9-11-27)16-4-2-1-3-5-16/h6-7,12,16,19-20H,1-5,8-11,13-14H2,(H,24,25). The number of nitrogens with one attached hydrogen (secondary N) is 1. The Bertz CT molecular complexity index is 1020. The second-order valence-electron chi connectivity index (χ2n) is 9.17. The Morgan fingerprint density at radius 1 is 1.09 bits per heavy atom. The van der Waals surface area contributed by atoms with E-state index in [0.29, 0.717) is 27.5 Å². The number of sulfone groups is 1. The molecule has 3 aliphatic heterocycles. The molecule has 2 unspecified atom stereocenters. The Hall–Kier alpha value is -1.29. The number of aliphatic imine (C=N–C) groups is 1. The van der Waals surface area contributed by atoms with E-state index in [9.17, 15) is 13.2 Å². The zero-order valence-electron chi connectivity index (χ0n) is 18.0. The van der Waals surface area contributed by atoms with Crippen LogP contribution < -0.4 is 5.32 Å². The molecule has 1 N–H and O–H groups in total. The van der Waals surface area contributed by atoms with Gasteiger partial charge in [0.1, 0.15) is 0 Å². The molecule has 10 heteroatoms. The molecule has 3 heterocycles. The van der Waals surface area contributed by atoms with Crippen LogP contribution in [0.25, 0.3) is 0 Å². The van der Waals surface area contributed by atoms with Crippen LogP contribution >= 0.6 is 23.4 Å². The molecule has 174 valence electrons. The van der Waals surface area contributed by atoms with E-state index in [2.05, 4.69) is 15.2 Å². The van der Waals surface area contributed by atoms with Gasteiger partial charge in [-0.15, -0.1) is 0 Å². The molecule has 1 amide bonds. The summed E-state index contributed by atoms with van der Waals surface area (Å²) in [6.45, 7) is 3.38. The summed E-state index contributed by atoms with van der Waals surface area (Å²) in [5.74, 6) is 0.294. The fourth-order valence-corrected chi connectivity index (χ4v) is 9.04. The molecule has 32 heavy (non-hydrogen) atoms. The molecule has 1 aromatic rings. The Kier molecular flexibility index (Phi) is 6.44. The van der Waals surface area contributed by atoms with Crippen molar-refractivity contribution in [1.29, 1.82) is 0 Å². The zero-order valence-corrected chi connectivity index (χ0v) is 20.4. The number of nitrogens with zero attached hydrogens (tertiary/aromatic N) is 3. The Morgan fingerprint density at radius 3 is 2.56 bits per heavy atom. The van der Waals surface area contributed by atoms with Gasteiger partial charge in [-0.05, 0) is 31.0 Å². The molecule has 0 bridgehead atoms. The van der Waals surface area contributed by atoms with Gasteiger partial charge in [0, 0.05) is 43.0 Å². The molecule has 1 aromatic carbocycles. The molecule has 0 radical (unpaired) electrons. The lowest BCUT2D eigenvalue weighted by Crippen LogP contribution is -2.52. The van der Waals surface area contributed by atoms with Gasteiger partial charge in [0.05, 0.1) is 28.3 Å². The van der Waals surface area contributed by atoms with Crippen molar-refractivity contribution in [2.75, 3.05) is 43.0 Å². The van der Waals surface area contributed by atoms with Crippen molar-refractivity contribution in [3.8, 4) is 0 Å². The minimum Gasteiger partial charge on any atom is -0.336 e. The predicted molar refractivity (Wildman–Crippen MR) is 131 cm³/mol. The molecule has 5 rings (SSSR count). The van der Waals surface area contributed by atoms with Crippen molar-refractivity contribution in [3.05, 3.63) is 28.8 Å². The van der Waals surface area contributed by atoms with E-state index < -0.39 is 9.84 Å². The number of hydrogen-bond donors (Lipinski definition) is 1. The Labute approximate surface area is 198 Å². The lowest BCUT2D eigenvalue weighted by molar-refractivity contribution is 0.0523. The molecule has 3 fully saturated rings. The van der Waals surface area contributed by atoms with Crippen molar-refractivity contribution in [2.24, 2.45) is 4.99 Å².